The van der Waals surface area contributed by atoms with E-state index in [-0.39, 0.29) is 16.7 Å². The lowest BCUT2D eigenvalue weighted by Gasteiger charge is -2.32. The number of benzene rings is 1. The average Bonchev–Trinajstić information content (AvgIpc) is 2.43. The van der Waals surface area contributed by atoms with Gasteiger partial charge in [0.2, 0.25) is 10.0 Å². The Labute approximate surface area is 129 Å². The van der Waals surface area contributed by atoms with Gasteiger partial charge >= 0.3 is 0 Å². The number of halogens is 2. The van der Waals surface area contributed by atoms with Crippen LogP contribution < -0.4 is 0 Å². The van der Waals surface area contributed by atoms with Crippen LogP contribution in [0.3, 0.4) is 0 Å². The second-order valence-electron chi connectivity index (χ2n) is 5.48. The lowest BCUT2D eigenvalue weighted by atomic mass is 9.93. The summed E-state index contributed by atoms with van der Waals surface area (Å²) in [6.07, 6.45) is 0.896. The van der Waals surface area contributed by atoms with Crippen LogP contribution in [0.1, 0.15) is 25.3 Å². The van der Waals surface area contributed by atoms with Crippen LogP contribution in [0.25, 0.3) is 0 Å². The number of sulfonamides is 1. The van der Waals surface area contributed by atoms with Crippen molar-refractivity contribution in [3.63, 3.8) is 0 Å². The summed E-state index contributed by atoms with van der Waals surface area (Å²) in [5.41, 5.74) is 0.471. The van der Waals surface area contributed by atoms with Crippen molar-refractivity contribution in [2.45, 2.75) is 31.6 Å². The Balaban J connectivity index is 2.04. The van der Waals surface area contributed by atoms with Crippen LogP contribution in [0, 0.1) is 11.7 Å². The molecule has 1 atom stereocenters. The van der Waals surface area contributed by atoms with Crippen LogP contribution in [0.4, 0.5) is 4.39 Å². The molecule has 0 spiro atoms. The largest absolute Gasteiger partial charge is 0.393 e. The quantitative estimate of drug-likeness (QED) is 0.919. The van der Waals surface area contributed by atoms with E-state index in [2.05, 4.69) is 0 Å². The van der Waals surface area contributed by atoms with Crippen LogP contribution in [-0.2, 0) is 15.8 Å². The number of nitrogens with zero attached hydrogens (tertiary/aromatic N) is 1. The van der Waals surface area contributed by atoms with Crippen molar-refractivity contribution >= 4 is 21.6 Å². The predicted octanol–water partition coefficient (Wildman–Crippen LogP) is 2.40. The molecule has 1 fully saturated rings. The van der Waals surface area contributed by atoms with Gasteiger partial charge in [0.05, 0.1) is 16.9 Å². The van der Waals surface area contributed by atoms with Crippen molar-refractivity contribution in [3.05, 3.63) is 34.6 Å². The molecule has 1 aliphatic heterocycles. The summed E-state index contributed by atoms with van der Waals surface area (Å²) in [4.78, 5) is 0. The Kier molecular flexibility index (Phi) is 5.24. The summed E-state index contributed by atoms with van der Waals surface area (Å²) < 4.78 is 39.2. The molecule has 2 rings (SSSR count). The maximum atomic E-state index is 13.1. The van der Waals surface area contributed by atoms with E-state index in [1.165, 1.54) is 22.5 Å². The molecule has 1 heterocycles. The monoisotopic (exact) mass is 335 g/mol. The lowest BCUT2D eigenvalue weighted by molar-refractivity contribution is 0.0912. The van der Waals surface area contributed by atoms with Gasteiger partial charge in [-0.15, -0.1) is 0 Å². The van der Waals surface area contributed by atoms with E-state index >= 15 is 0 Å². The topological polar surface area (TPSA) is 57.6 Å². The van der Waals surface area contributed by atoms with Gasteiger partial charge in [-0.05, 0) is 43.4 Å². The number of hydrogen-bond acceptors (Lipinski definition) is 3. The second-order valence-corrected chi connectivity index (χ2v) is 7.86. The molecule has 0 bridgehead atoms. The smallest absolute Gasteiger partial charge is 0.218 e. The van der Waals surface area contributed by atoms with Gasteiger partial charge in [-0.3, -0.25) is 0 Å². The highest BCUT2D eigenvalue weighted by atomic mass is 35.5. The van der Waals surface area contributed by atoms with E-state index in [1.807, 2.05) is 0 Å². The van der Waals surface area contributed by atoms with E-state index in [4.69, 9.17) is 11.6 Å². The average molecular weight is 336 g/mol. The van der Waals surface area contributed by atoms with E-state index in [0.29, 0.717) is 31.5 Å². The molecule has 1 aromatic rings. The maximum absolute atomic E-state index is 13.1. The Hall–Kier alpha value is -0.690. The Bertz CT molecular complexity index is 598. The second kappa shape index (κ2) is 6.60. The van der Waals surface area contributed by atoms with Gasteiger partial charge in [-0.1, -0.05) is 17.7 Å². The van der Waals surface area contributed by atoms with Crippen LogP contribution in [0.15, 0.2) is 18.2 Å². The third-order valence-electron chi connectivity index (χ3n) is 3.91. The molecule has 21 heavy (non-hydrogen) atoms. The summed E-state index contributed by atoms with van der Waals surface area (Å²) >= 11 is 5.67. The van der Waals surface area contributed by atoms with Gasteiger partial charge < -0.3 is 5.11 Å². The molecule has 0 saturated carbocycles. The van der Waals surface area contributed by atoms with E-state index in [0.717, 1.165) is 0 Å². The Morgan fingerprint density at radius 1 is 1.43 bits per heavy atom. The third-order valence-corrected chi connectivity index (χ3v) is 6.05. The first-order valence-electron chi connectivity index (χ1n) is 6.89. The van der Waals surface area contributed by atoms with E-state index in [1.54, 1.807) is 6.92 Å². The van der Waals surface area contributed by atoms with Crippen molar-refractivity contribution in [1.29, 1.82) is 0 Å². The molecular weight excluding hydrogens is 317 g/mol. The first kappa shape index (κ1) is 16.7. The summed E-state index contributed by atoms with van der Waals surface area (Å²) in [6, 6.07) is 3.95. The SMILES string of the molecule is C[C@@H](O)C1CCN(S(=O)(=O)Cc2ccc(F)c(Cl)c2)CC1. The van der Waals surface area contributed by atoms with Gasteiger partial charge in [0.15, 0.2) is 0 Å². The van der Waals surface area contributed by atoms with Crippen molar-refractivity contribution in [2.75, 3.05) is 13.1 Å². The van der Waals surface area contributed by atoms with Crippen molar-refractivity contribution < 1.29 is 17.9 Å². The molecule has 1 N–H and O–H groups in total. The van der Waals surface area contributed by atoms with Crippen LogP contribution in [0.5, 0.6) is 0 Å². The minimum absolute atomic E-state index is 0.0736. The van der Waals surface area contributed by atoms with Crippen LogP contribution in [-0.4, -0.2) is 37.0 Å². The number of hydrogen-bond donors (Lipinski definition) is 1. The first-order valence-corrected chi connectivity index (χ1v) is 8.88. The maximum Gasteiger partial charge on any atom is 0.218 e. The van der Waals surface area contributed by atoms with Crippen molar-refractivity contribution in [2.24, 2.45) is 5.92 Å². The van der Waals surface area contributed by atoms with Crippen LogP contribution in [0.2, 0.25) is 5.02 Å². The fourth-order valence-electron chi connectivity index (χ4n) is 2.57. The first-order chi connectivity index (χ1) is 9.79. The number of aliphatic hydroxyl groups excluding tert-OH is 1. The number of piperidine rings is 1. The Morgan fingerprint density at radius 3 is 2.57 bits per heavy atom. The lowest BCUT2D eigenvalue weighted by Crippen LogP contribution is -2.41. The van der Waals surface area contributed by atoms with Gasteiger partial charge in [0.1, 0.15) is 5.82 Å². The molecule has 0 unspecified atom stereocenters. The summed E-state index contributed by atoms with van der Waals surface area (Å²) in [6.45, 7) is 2.55. The van der Waals surface area contributed by atoms with Crippen molar-refractivity contribution in [3.8, 4) is 0 Å². The summed E-state index contributed by atoms with van der Waals surface area (Å²) in [5, 5.41) is 9.47. The normalized spacial score (nSPS) is 19.6. The Morgan fingerprint density at radius 2 is 2.05 bits per heavy atom. The molecule has 0 radical (unpaired) electrons. The minimum Gasteiger partial charge on any atom is -0.393 e. The van der Waals surface area contributed by atoms with Gasteiger partial charge in [-0.25, -0.2) is 17.1 Å². The molecule has 0 aliphatic carbocycles. The highest BCUT2D eigenvalue weighted by Gasteiger charge is 2.29. The highest BCUT2D eigenvalue weighted by Crippen LogP contribution is 2.25. The molecule has 7 heteroatoms. The predicted molar refractivity (Wildman–Crippen MR) is 80.0 cm³/mol. The minimum atomic E-state index is -3.44. The molecule has 118 valence electrons. The highest BCUT2D eigenvalue weighted by molar-refractivity contribution is 7.88. The molecule has 1 aromatic carbocycles. The number of aliphatic hydroxyl groups is 1. The number of rotatable bonds is 4. The van der Waals surface area contributed by atoms with Crippen molar-refractivity contribution in [1.82, 2.24) is 4.31 Å². The molecular formula is C14H19ClFNO3S. The van der Waals surface area contributed by atoms with E-state index < -0.39 is 21.9 Å². The van der Waals surface area contributed by atoms with Gasteiger partial charge in [-0.2, -0.15) is 0 Å². The molecule has 0 aromatic heterocycles. The summed E-state index contributed by atoms with van der Waals surface area (Å²) in [5.74, 6) is -0.598. The standard InChI is InChI=1S/C14H19ClFNO3S/c1-10(18)12-4-6-17(7-5-12)21(19,20)9-11-2-3-14(16)13(15)8-11/h2-3,8,10,12,18H,4-7,9H2,1H3/t10-/m1/s1. The molecule has 4 nitrogen and oxygen atoms in total. The zero-order valence-corrected chi connectivity index (χ0v) is 13.4. The van der Waals surface area contributed by atoms with Gasteiger partial charge in [0.25, 0.3) is 0 Å². The zero-order chi connectivity index (χ0) is 15.6. The zero-order valence-electron chi connectivity index (χ0n) is 11.8. The fourth-order valence-corrected chi connectivity index (χ4v) is 4.32. The third kappa shape index (κ3) is 4.16. The molecule has 1 saturated heterocycles. The molecule has 1 aliphatic rings. The fraction of sp³-hybridized carbons (Fsp3) is 0.571. The molecule has 0 amide bonds. The van der Waals surface area contributed by atoms with Crippen LogP contribution >= 0.6 is 11.6 Å². The van der Waals surface area contributed by atoms with Gasteiger partial charge in [0, 0.05) is 13.1 Å². The van der Waals surface area contributed by atoms with E-state index in [9.17, 15) is 17.9 Å². The summed E-state index contributed by atoms with van der Waals surface area (Å²) in [7, 11) is -3.44.